The van der Waals surface area contributed by atoms with Crippen LogP contribution in [0, 0.1) is 0 Å². The highest BCUT2D eigenvalue weighted by Gasteiger charge is 2.28. The minimum Gasteiger partial charge on any atom is -0.447 e. The smallest absolute Gasteiger partial charge is 0.411 e. The predicted molar refractivity (Wildman–Crippen MR) is 156 cm³/mol. The Labute approximate surface area is 240 Å². The fourth-order valence-electron chi connectivity index (χ4n) is 3.91. The molecule has 13 heteroatoms. The summed E-state index contributed by atoms with van der Waals surface area (Å²) in [4.78, 5) is 24.2. The number of amides is 2. The van der Waals surface area contributed by atoms with Gasteiger partial charge < -0.3 is 14.8 Å². The number of carbonyl (C=O) groups excluding carboxylic acids is 2. The van der Waals surface area contributed by atoms with Crippen LogP contribution in [-0.2, 0) is 19.5 Å². The van der Waals surface area contributed by atoms with Crippen LogP contribution in [0.3, 0.4) is 0 Å². The molecule has 1 aromatic heterocycles. The first-order chi connectivity index (χ1) is 18.4. The molecule has 2 amide bonds. The fourth-order valence-corrected chi connectivity index (χ4v) is 6.58. The van der Waals surface area contributed by atoms with Crippen molar-refractivity contribution in [2.45, 2.75) is 103 Å². The normalized spacial score (nSPS) is 16.3. The summed E-state index contributed by atoms with van der Waals surface area (Å²) in [6.07, 6.45) is 2.56. The standard InChI is InChI=1S/C27H39N5O6S2/c1-16(2)37-24(33)29-19-13-14-20(21(15-19)40(35,36)32-26(3,4)5)23-31-30-22(39-23)17-9-11-18(12-10-17)28-25(34)38-27(6,7)8/h9,13-16,18,32H,10-12H2,1-8H3,(H,28,34)(H,29,33). The largest absolute Gasteiger partial charge is 0.447 e. The maximum absolute atomic E-state index is 13.4. The number of nitrogens with zero attached hydrogens (tertiary/aromatic N) is 2. The zero-order valence-corrected chi connectivity index (χ0v) is 25.9. The molecular formula is C27H39N5O6S2. The van der Waals surface area contributed by atoms with Gasteiger partial charge >= 0.3 is 12.2 Å². The molecule has 1 aromatic carbocycles. The van der Waals surface area contributed by atoms with Gasteiger partial charge in [-0.2, -0.15) is 0 Å². The molecule has 1 aliphatic carbocycles. The van der Waals surface area contributed by atoms with Crippen molar-refractivity contribution in [3.63, 3.8) is 0 Å². The summed E-state index contributed by atoms with van der Waals surface area (Å²) in [7, 11) is -4.00. The Morgan fingerprint density at radius 2 is 1.73 bits per heavy atom. The molecule has 1 aliphatic rings. The second kappa shape index (κ2) is 12.2. The van der Waals surface area contributed by atoms with Gasteiger partial charge in [0.15, 0.2) is 0 Å². The fraction of sp³-hybridized carbons (Fsp3) is 0.556. The van der Waals surface area contributed by atoms with E-state index in [0.717, 1.165) is 5.57 Å². The van der Waals surface area contributed by atoms with Crippen LogP contribution in [0.2, 0.25) is 0 Å². The lowest BCUT2D eigenvalue weighted by Gasteiger charge is -2.25. The Balaban J connectivity index is 1.86. The monoisotopic (exact) mass is 593 g/mol. The summed E-state index contributed by atoms with van der Waals surface area (Å²) in [5.41, 5.74) is 0.316. The second-order valence-corrected chi connectivity index (χ2v) is 14.5. The van der Waals surface area contributed by atoms with Gasteiger partial charge in [-0.25, -0.2) is 22.7 Å². The average molecular weight is 594 g/mol. The van der Waals surface area contributed by atoms with Gasteiger partial charge in [0.25, 0.3) is 0 Å². The highest BCUT2D eigenvalue weighted by molar-refractivity contribution is 7.89. The zero-order chi connectivity index (χ0) is 29.9. The zero-order valence-electron chi connectivity index (χ0n) is 24.2. The molecule has 0 saturated heterocycles. The Kier molecular flexibility index (Phi) is 9.63. The minimum atomic E-state index is -4.00. The van der Waals surface area contributed by atoms with E-state index in [9.17, 15) is 18.0 Å². The van der Waals surface area contributed by atoms with Crippen molar-refractivity contribution < 1.29 is 27.5 Å². The van der Waals surface area contributed by atoms with Gasteiger partial charge in [0.1, 0.15) is 15.6 Å². The number of alkyl carbamates (subject to hydrolysis) is 1. The number of carbonyl (C=O) groups is 2. The van der Waals surface area contributed by atoms with E-state index in [1.807, 2.05) is 26.8 Å². The molecule has 0 fully saturated rings. The third-order valence-electron chi connectivity index (χ3n) is 5.36. The van der Waals surface area contributed by atoms with E-state index in [2.05, 4.69) is 25.6 Å². The van der Waals surface area contributed by atoms with Gasteiger partial charge in [-0.05, 0) is 98.4 Å². The van der Waals surface area contributed by atoms with E-state index in [-0.39, 0.29) is 22.7 Å². The van der Waals surface area contributed by atoms with Crippen molar-refractivity contribution in [2.75, 3.05) is 5.32 Å². The molecule has 40 heavy (non-hydrogen) atoms. The van der Waals surface area contributed by atoms with E-state index in [1.54, 1.807) is 46.8 Å². The molecule has 1 heterocycles. The van der Waals surface area contributed by atoms with Gasteiger partial charge in [-0.1, -0.05) is 17.4 Å². The maximum Gasteiger partial charge on any atom is 0.411 e. The Hall–Kier alpha value is -3.03. The van der Waals surface area contributed by atoms with Gasteiger partial charge in [0.2, 0.25) is 10.0 Å². The maximum atomic E-state index is 13.4. The van der Waals surface area contributed by atoms with Crippen molar-refractivity contribution in [1.82, 2.24) is 20.2 Å². The summed E-state index contributed by atoms with van der Waals surface area (Å²) >= 11 is 1.29. The van der Waals surface area contributed by atoms with Crippen LogP contribution in [0.4, 0.5) is 15.3 Å². The molecule has 3 N–H and O–H groups in total. The van der Waals surface area contributed by atoms with Crippen molar-refractivity contribution in [2.24, 2.45) is 0 Å². The second-order valence-electron chi connectivity index (χ2n) is 11.9. The quantitative estimate of drug-likeness (QED) is 0.370. The number of anilines is 1. The molecule has 0 saturated carbocycles. The molecule has 0 radical (unpaired) electrons. The average Bonchev–Trinajstić information content (AvgIpc) is 3.26. The number of rotatable bonds is 7. The lowest BCUT2D eigenvalue weighted by atomic mass is 9.96. The number of hydrogen-bond acceptors (Lipinski definition) is 9. The van der Waals surface area contributed by atoms with E-state index < -0.39 is 33.3 Å². The summed E-state index contributed by atoms with van der Waals surface area (Å²) in [6, 6.07) is 4.54. The number of ether oxygens (including phenoxy) is 2. The molecule has 0 bridgehead atoms. The van der Waals surface area contributed by atoms with Crippen LogP contribution >= 0.6 is 11.3 Å². The van der Waals surface area contributed by atoms with Crippen LogP contribution in [0.15, 0.2) is 29.2 Å². The van der Waals surface area contributed by atoms with Gasteiger partial charge in [-0.3, -0.25) is 5.32 Å². The summed E-state index contributed by atoms with van der Waals surface area (Å²) in [5.74, 6) is 0. The Bertz CT molecular complexity index is 1370. The third kappa shape index (κ3) is 9.27. The number of hydrogen-bond donors (Lipinski definition) is 3. The number of sulfonamides is 1. The minimum absolute atomic E-state index is 0.0354. The molecule has 1 atom stereocenters. The number of nitrogens with one attached hydrogen (secondary N) is 3. The molecule has 11 nitrogen and oxygen atoms in total. The molecule has 3 rings (SSSR count). The van der Waals surface area contributed by atoms with Crippen LogP contribution < -0.4 is 15.4 Å². The SMILES string of the molecule is CC(C)OC(=O)Nc1ccc(-c2nnc(C3=CCC(NC(=O)OC(C)(C)C)CC3)s2)c(S(=O)(=O)NC(C)(C)C)c1. The van der Waals surface area contributed by atoms with Gasteiger partial charge in [0, 0.05) is 22.8 Å². The van der Waals surface area contributed by atoms with Crippen LogP contribution in [-0.4, -0.2) is 54.1 Å². The molecule has 0 aliphatic heterocycles. The van der Waals surface area contributed by atoms with E-state index in [4.69, 9.17) is 9.47 Å². The summed E-state index contributed by atoms with van der Waals surface area (Å²) in [6.45, 7) is 14.1. The Morgan fingerprint density at radius 3 is 2.30 bits per heavy atom. The first-order valence-corrected chi connectivity index (χ1v) is 15.4. The number of allylic oxidation sites excluding steroid dienone is 1. The van der Waals surface area contributed by atoms with Crippen molar-refractivity contribution in [3.8, 4) is 10.6 Å². The van der Waals surface area contributed by atoms with Gasteiger partial charge in [-0.15, -0.1) is 10.2 Å². The number of benzene rings is 1. The lowest BCUT2D eigenvalue weighted by molar-refractivity contribution is 0.0501. The number of aromatic nitrogens is 2. The summed E-state index contributed by atoms with van der Waals surface area (Å²) in [5, 5.41) is 15.2. The lowest BCUT2D eigenvalue weighted by Crippen LogP contribution is -2.40. The molecule has 220 valence electrons. The molecular weight excluding hydrogens is 554 g/mol. The highest BCUT2D eigenvalue weighted by atomic mass is 32.2. The van der Waals surface area contributed by atoms with Crippen LogP contribution in [0.25, 0.3) is 16.1 Å². The van der Waals surface area contributed by atoms with Gasteiger partial charge in [0.05, 0.1) is 11.0 Å². The van der Waals surface area contributed by atoms with Crippen LogP contribution in [0.5, 0.6) is 0 Å². The van der Waals surface area contributed by atoms with Crippen molar-refractivity contribution >= 4 is 44.8 Å². The third-order valence-corrected chi connectivity index (χ3v) is 8.19. The van der Waals surface area contributed by atoms with E-state index in [0.29, 0.717) is 34.8 Å². The van der Waals surface area contributed by atoms with E-state index >= 15 is 0 Å². The topological polar surface area (TPSA) is 149 Å². The Morgan fingerprint density at radius 1 is 1.05 bits per heavy atom. The highest BCUT2D eigenvalue weighted by Crippen LogP contribution is 2.36. The first kappa shape index (κ1) is 31.5. The van der Waals surface area contributed by atoms with Crippen molar-refractivity contribution in [1.29, 1.82) is 0 Å². The van der Waals surface area contributed by atoms with Crippen molar-refractivity contribution in [3.05, 3.63) is 29.3 Å². The first-order valence-electron chi connectivity index (χ1n) is 13.1. The molecule has 2 aromatic rings. The van der Waals surface area contributed by atoms with E-state index in [1.165, 1.54) is 17.4 Å². The summed E-state index contributed by atoms with van der Waals surface area (Å²) < 4.78 is 40.0. The molecule has 0 spiro atoms. The van der Waals surface area contributed by atoms with Crippen LogP contribution in [0.1, 0.15) is 79.7 Å². The predicted octanol–water partition coefficient (Wildman–Crippen LogP) is 5.70. The molecule has 1 unspecified atom stereocenters.